The smallest absolute Gasteiger partial charge is 0.227 e. The first-order valence-corrected chi connectivity index (χ1v) is 12.4. The lowest BCUT2D eigenvalue weighted by atomic mass is 10.0. The van der Waals surface area contributed by atoms with E-state index in [1.807, 2.05) is 24.0 Å². The summed E-state index contributed by atoms with van der Waals surface area (Å²) in [6.07, 6.45) is 1.56. The van der Waals surface area contributed by atoms with Crippen LogP contribution in [0.4, 0.5) is 0 Å². The zero-order valence-corrected chi connectivity index (χ0v) is 19.0. The summed E-state index contributed by atoms with van der Waals surface area (Å²) in [5, 5.41) is 8.97. The first-order chi connectivity index (χ1) is 14.8. The number of rotatable bonds is 7. The van der Waals surface area contributed by atoms with Gasteiger partial charge in [-0.25, -0.2) is 17.8 Å². The number of likely N-dealkylation sites (tertiary alicyclic amines) is 1. The van der Waals surface area contributed by atoms with Crippen LogP contribution in [-0.2, 0) is 45.7 Å². The number of carbonyl (C=O) groups excluding carboxylic acids is 1. The van der Waals surface area contributed by atoms with Gasteiger partial charge in [-0.1, -0.05) is 35.9 Å². The van der Waals surface area contributed by atoms with Crippen molar-refractivity contribution in [3.05, 3.63) is 46.2 Å². The van der Waals surface area contributed by atoms with Crippen LogP contribution in [0, 0.1) is 0 Å². The topological polar surface area (TPSA) is 106 Å². The molecular formula is C20H26ClN5O4S. The molecule has 0 aliphatic carbocycles. The van der Waals surface area contributed by atoms with Gasteiger partial charge in [0.25, 0.3) is 0 Å². The molecule has 0 saturated carbocycles. The van der Waals surface area contributed by atoms with Gasteiger partial charge in [-0.05, 0) is 30.5 Å². The molecule has 4 rings (SSSR count). The van der Waals surface area contributed by atoms with E-state index < -0.39 is 15.6 Å². The normalized spacial score (nSPS) is 20.9. The van der Waals surface area contributed by atoms with Gasteiger partial charge < -0.3 is 9.64 Å². The molecule has 31 heavy (non-hydrogen) atoms. The number of nitrogens with one attached hydrogen (secondary N) is 1. The number of hydrogen-bond acceptors (Lipinski definition) is 6. The lowest BCUT2D eigenvalue weighted by Crippen LogP contribution is -2.45. The van der Waals surface area contributed by atoms with E-state index in [1.54, 1.807) is 16.8 Å². The number of nitrogens with zero attached hydrogens (tertiary/aromatic N) is 4. The minimum Gasteiger partial charge on any atom is -0.365 e. The van der Waals surface area contributed by atoms with Crippen LogP contribution in [0.15, 0.2) is 24.3 Å². The van der Waals surface area contributed by atoms with E-state index >= 15 is 0 Å². The fourth-order valence-electron chi connectivity index (χ4n) is 4.09. The van der Waals surface area contributed by atoms with Gasteiger partial charge in [0.2, 0.25) is 15.9 Å². The van der Waals surface area contributed by atoms with Gasteiger partial charge in [-0.2, -0.15) is 0 Å². The van der Waals surface area contributed by atoms with Crippen molar-refractivity contribution in [2.24, 2.45) is 0 Å². The van der Waals surface area contributed by atoms with E-state index in [0.29, 0.717) is 49.6 Å². The summed E-state index contributed by atoms with van der Waals surface area (Å²) in [5.41, 5.74) is 1.73. The average Bonchev–Trinajstić information content (AvgIpc) is 3.31. The van der Waals surface area contributed by atoms with Crippen molar-refractivity contribution in [3.63, 3.8) is 0 Å². The Morgan fingerprint density at radius 3 is 2.97 bits per heavy atom. The number of aromatic nitrogens is 3. The summed E-state index contributed by atoms with van der Waals surface area (Å²) >= 11 is 6.02. The van der Waals surface area contributed by atoms with Crippen LogP contribution in [0.2, 0.25) is 5.02 Å². The van der Waals surface area contributed by atoms with E-state index in [1.165, 1.54) is 0 Å². The minimum atomic E-state index is -3.32. The standard InChI is InChI=1S/C20H26ClN5O4S/c1-2-8-31(28,29)22-11-17-18-12-30-20(14-26(18)24-23-17)6-7-25(13-20)19(27)10-15-4-3-5-16(21)9-15/h3-5,9,22H,2,6-8,10-14H2,1H3. The molecule has 2 aliphatic rings. The van der Waals surface area contributed by atoms with Gasteiger partial charge in [-0.15, -0.1) is 5.10 Å². The fraction of sp³-hybridized carbons (Fsp3) is 0.550. The summed E-state index contributed by atoms with van der Waals surface area (Å²) in [7, 11) is -3.32. The minimum absolute atomic E-state index is 0.0400. The second-order valence-corrected chi connectivity index (χ2v) is 10.5. The van der Waals surface area contributed by atoms with Crippen molar-refractivity contribution in [1.82, 2.24) is 24.6 Å². The summed E-state index contributed by atoms with van der Waals surface area (Å²) < 4.78 is 34.3. The summed E-state index contributed by atoms with van der Waals surface area (Å²) in [5.74, 6) is 0.118. The predicted molar refractivity (Wildman–Crippen MR) is 115 cm³/mol. The number of sulfonamides is 1. The maximum Gasteiger partial charge on any atom is 0.227 e. The third kappa shape index (κ3) is 5.08. The molecule has 1 saturated heterocycles. The molecule has 2 aliphatic heterocycles. The van der Waals surface area contributed by atoms with Crippen molar-refractivity contribution in [3.8, 4) is 0 Å². The Balaban J connectivity index is 1.38. The third-order valence-corrected chi connectivity index (χ3v) is 7.48. The fourth-order valence-corrected chi connectivity index (χ4v) is 5.34. The van der Waals surface area contributed by atoms with Crippen molar-refractivity contribution < 1.29 is 17.9 Å². The number of carbonyl (C=O) groups is 1. The zero-order chi connectivity index (χ0) is 22.1. The molecule has 1 aromatic heterocycles. The average molecular weight is 468 g/mol. The molecule has 1 N–H and O–H groups in total. The van der Waals surface area contributed by atoms with Gasteiger partial charge in [-0.3, -0.25) is 4.79 Å². The molecule has 2 aromatic rings. The van der Waals surface area contributed by atoms with Crippen LogP contribution in [0.25, 0.3) is 0 Å². The number of fused-ring (bicyclic) bond motifs is 1. The highest BCUT2D eigenvalue weighted by Gasteiger charge is 2.44. The number of amides is 1. The Morgan fingerprint density at radius 1 is 1.35 bits per heavy atom. The second kappa shape index (κ2) is 8.85. The largest absolute Gasteiger partial charge is 0.365 e. The molecule has 1 fully saturated rings. The van der Waals surface area contributed by atoms with Crippen LogP contribution in [0.3, 0.4) is 0 Å². The van der Waals surface area contributed by atoms with Crippen LogP contribution in [0.1, 0.15) is 36.7 Å². The van der Waals surface area contributed by atoms with E-state index in [9.17, 15) is 13.2 Å². The van der Waals surface area contributed by atoms with E-state index in [-0.39, 0.29) is 24.8 Å². The molecule has 1 amide bonds. The number of halogens is 1. The molecule has 3 heterocycles. The molecule has 168 valence electrons. The third-order valence-electron chi connectivity index (χ3n) is 5.72. The molecule has 1 unspecified atom stereocenters. The Morgan fingerprint density at radius 2 is 2.19 bits per heavy atom. The molecule has 1 atom stereocenters. The highest BCUT2D eigenvalue weighted by Crippen LogP contribution is 2.33. The maximum atomic E-state index is 12.8. The molecule has 0 bridgehead atoms. The van der Waals surface area contributed by atoms with Gasteiger partial charge in [0.05, 0.1) is 44.1 Å². The van der Waals surface area contributed by atoms with E-state index in [2.05, 4.69) is 15.0 Å². The molecular weight excluding hydrogens is 442 g/mol. The quantitative estimate of drug-likeness (QED) is 0.661. The van der Waals surface area contributed by atoms with Crippen molar-refractivity contribution in [2.45, 2.75) is 51.5 Å². The molecule has 1 aromatic carbocycles. The van der Waals surface area contributed by atoms with Gasteiger partial charge in [0.1, 0.15) is 11.3 Å². The van der Waals surface area contributed by atoms with Crippen LogP contribution >= 0.6 is 11.6 Å². The Bertz CT molecular complexity index is 1070. The Hall–Kier alpha value is -2.01. The SMILES string of the molecule is CCCS(=O)(=O)NCc1nnn2c1COC1(CCN(C(=O)Cc3cccc(Cl)c3)C1)C2. The number of benzene rings is 1. The highest BCUT2D eigenvalue weighted by atomic mass is 35.5. The lowest BCUT2D eigenvalue weighted by Gasteiger charge is -2.34. The predicted octanol–water partition coefficient (Wildman–Crippen LogP) is 1.50. The first kappa shape index (κ1) is 22.2. The van der Waals surface area contributed by atoms with Gasteiger partial charge >= 0.3 is 0 Å². The zero-order valence-electron chi connectivity index (χ0n) is 17.4. The maximum absolute atomic E-state index is 12.8. The second-order valence-electron chi connectivity index (χ2n) is 8.12. The van der Waals surface area contributed by atoms with Crippen LogP contribution < -0.4 is 4.72 Å². The van der Waals surface area contributed by atoms with Crippen molar-refractivity contribution in [1.29, 1.82) is 0 Å². The van der Waals surface area contributed by atoms with Crippen molar-refractivity contribution in [2.75, 3.05) is 18.8 Å². The van der Waals surface area contributed by atoms with E-state index in [0.717, 1.165) is 11.3 Å². The number of ether oxygens (including phenoxy) is 1. The summed E-state index contributed by atoms with van der Waals surface area (Å²) in [6, 6.07) is 7.33. The van der Waals surface area contributed by atoms with Crippen LogP contribution in [0.5, 0.6) is 0 Å². The summed E-state index contributed by atoms with van der Waals surface area (Å²) in [4.78, 5) is 14.6. The Kier molecular flexibility index (Phi) is 6.34. The lowest BCUT2D eigenvalue weighted by molar-refractivity contribution is -0.132. The monoisotopic (exact) mass is 467 g/mol. The highest BCUT2D eigenvalue weighted by molar-refractivity contribution is 7.89. The van der Waals surface area contributed by atoms with Gasteiger partial charge in [0.15, 0.2) is 0 Å². The first-order valence-electron chi connectivity index (χ1n) is 10.3. The Labute approximate surface area is 186 Å². The molecule has 9 nitrogen and oxygen atoms in total. The van der Waals surface area contributed by atoms with E-state index in [4.69, 9.17) is 16.3 Å². The molecule has 11 heteroatoms. The van der Waals surface area contributed by atoms with Crippen molar-refractivity contribution >= 4 is 27.5 Å². The van der Waals surface area contributed by atoms with Gasteiger partial charge in [0, 0.05) is 11.6 Å². The molecule has 0 radical (unpaired) electrons. The molecule has 1 spiro atoms. The number of hydrogen-bond donors (Lipinski definition) is 1. The summed E-state index contributed by atoms with van der Waals surface area (Å²) in [6.45, 7) is 3.79. The van der Waals surface area contributed by atoms with Crippen LogP contribution in [-0.4, -0.2) is 58.7 Å².